The average Bonchev–Trinajstić information content (AvgIpc) is 3.69. The minimum atomic E-state index is -0.168. The Morgan fingerprint density at radius 1 is 0.725 bits per heavy atom. The maximum atomic E-state index is 10.5. The molecule has 5 nitrogen and oxygen atoms in total. The van der Waals surface area contributed by atoms with Gasteiger partial charge in [-0.2, -0.15) is 15.8 Å². The van der Waals surface area contributed by atoms with E-state index in [0.717, 1.165) is 84.4 Å². The monoisotopic (exact) mass is 655 g/mol. The first kappa shape index (κ1) is 31.4. The number of nitriles is 3. The summed E-state index contributed by atoms with van der Waals surface area (Å²) in [6, 6.07) is 44.4. The minimum absolute atomic E-state index is 0.168. The first-order valence-electron chi connectivity index (χ1n) is 17.2. The molecule has 7 aromatic rings. The molecule has 0 amide bonds. The molecule has 0 fully saturated rings. The van der Waals surface area contributed by atoms with Crippen molar-refractivity contribution < 1.29 is 0 Å². The summed E-state index contributed by atoms with van der Waals surface area (Å²) in [6.07, 6.45) is 9.63. The van der Waals surface area contributed by atoms with E-state index in [-0.39, 0.29) is 5.92 Å². The summed E-state index contributed by atoms with van der Waals surface area (Å²) in [5.74, 6) is -0.168. The van der Waals surface area contributed by atoms with Gasteiger partial charge in [0.2, 0.25) is 0 Å². The number of fused-ring (bicyclic) bond motifs is 4. The molecule has 5 heteroatoms. The van der Waals surface area contributed by atoms with Crippen LogP contribution in [0.5, 0.6) is 0 Å². The Morgan fingerprint density at radius 2 is 1.45 bits per heavy atom. The quantitative estimate of drug-likeness (QED) is 0.179. The molecule has 0 spiro atoms. The fourth-order valence-electron chi connectivity index (χ4n) is 7.75. The highest BCUT2D eigenvalue weighted by Crippen LogP contribution is 2.39. The molecule has 242 valence electrons. The van der Waals surface area contributed by atoms with Gasteiger partial charge < -0.3 is 9.13 Å². The minimum Gasteiger partial charge on any atom is -0.312 e. The second-order valence-electron chi connectivity index (χ2n) is 12.8. The molecule has 0 bridgehead atoms. The molecule has 0 saturated heterocycles. The zero-order valence-corrected chi connectivity index (χ0v) is 28.4. The molecule has 2 aromatic heterocycles. The number of aromatic nitrogens is 2. The molecule has 51 heavy (non-hydrogen) atoms. The Balaban J connectivity index is 1.27. The summed E-state index contributed by atoms with van der Waals surface area (Å²) in [7, 11) is 0. The summed E-state index contributed by atoms with van der Waals surface area (Å²) in [5.41, 5.74) is 13.5. The lowest BCUT2D eigenvalue weighted by Gasteiger charge is -2.17. The lowest BCUT2D eigenvalue weighted by molar-refractivity contribution is 0.803. The Kier molecular flexibility index (Phi) is 7.92. The predicted molar refractivity (Wildman–Crippen MR) is 206 cm³/mol. The Labute approximate surface area is 297 Å². The predicted octanol–water partition coefficient (Wildman–Crippen LogP) is 11.0. The number of para-hydroxylation sites is 2. The zero-order chi connectivity index (χ0) is 35.1. The van der Waals surface area contributed by atoms with E-state index < -0.39 is 0 Å². The van der Waals surface area contributed by atoms with Gasteiger partial charge in [-0.15, -0.1) is 0 Å². The van der Waals surface area contributed by atoms with E-state index in [9.17, 15) is 15.8 Å². The van der Waals surface area contributed by atoms with Gasteiger partial charge in [-0.1, -0.05) is 91.9 Å². The number of rotatable bonds is 6. The number of hydrogen-bond acceptors (Lipinski definition) is 3. The van der Waals surface area contributed by atoms with Crippen molar-refractivity contribution >= 4 is 34.0 Å². The van der Waals surface area contributed by atoms with Crippen molar-refractivity contribution in [1.82, 2.24) is 9.13 Å². The average molecular weight is 656 g/mol. The highest BCUT2D eigenvalue weighted by Gasteiger charge is 2.26. The van der Waals surface area contributed by atoms with Gasteiger partial charge in [-0.3, -0.25) is 0 Å². The molecule has 0 radical (unpaired) electrons. The van der Waals surface area contributed by atoms with Gasteiger partial charge in [0.15, 0.2) is 0 Å². The van der Waals surface area contributed by atoms with Crippen molar-refractivity contribution in [3.05, 3.63) is 155 Å². The lowest BCUT2D eigenvalue weighted by Crippen LogP contribution is -2.08. The van der Waals surface area contributed by atoms with E-state index in [4.69, 9.17) is 0 Å². The van der Waals surface area contributed by atoms with Crippen molar-refractivity contribution in [2.24, 2.45) is 5.92 Å². The molecule has 1 aliphatic rings. The second-order valence-corrected chi connectivity index (χ2v) is 12.8. The van der Waals surface area contributed by atoms with Crippen LogP contribution in [0, 0.1) is 39.9 Å². The van der Waals surface area contributed by atoms with Crippen LogP contribution in [-0.4, -0.2) is 9.13 Å². The van der Waals surface area contributed by atoms with Crippen molar-refractivity contribution in [2.75, 3.05) is 0 Å². The SMILES string of the molecule is C/C=C\c1c2c(n(-c3ccc(-c4cccc(-c5ccc(C#N)cc5-n5c6ccccc6c6ccccc65)c4)cc3C#N)c1CC)C=CC(C#N)C2. The van der Waals surface area contributed by atoms with Crippen LogP contribution in [0.25, 0.3) is 67.6 Å². The maximum Gasteiger partial charge on any atom is 0.101 e. The summed E-state index contributed by atoms with van der Waals surface area (Å²) in [6.45, 7) is 4.15. The third-order valence-electron chi connectivity index (χ3n) is 10.0. The number of nitrogens with zero attached hydrogens (tertiary/aromatic N) is 5. The third kappa shape index (κ3) is 5.14. The van der Waals surface area contributed by atoms with Crippen molar-refractivity contribution in [1.29, 1.82) is 15.8 Å². The maximum absolute atomic E-state index is 10.5. The highest BCUT2D eigenvalue weighted by molar-refractivity contribution is 6.09. The molecule has 2 heterocycles. The molecule has 5 aromatic carbocycles. The van der Waals surface area contributed by atoms with Gasteiger partial charge in [-0.25, -0.2) is 0 Å². The largest absolute Gasteiger partial charge is 0.312 e. The van der Waals surface area contributed by atoms with Crippen molar-refractivity contribution in [3.63, 3.8) is 0 Å². The smallest absolute Gasteiger partial charge is 0.101 e. The first-order chi connectivity index (χ1) is 25.1. The molecule has 8 rings (SSSR count). The molecule has 1 atom stereocenters. The van der Waals surface area contributed by atoms with Crippen molar-refractivity contribution in [3.8, 4) is 51.8 Å². The van der Waals surface area contributed by atoms with Gasteiger partial charge in [0.25, 0.3) is 0 Å². The number of allylic oxidation sites excluding steroid dienone is 2. The number of hydrogen-bond donors (Lipinski definition) is 0. The van der Waals surface area contributed by atoms with Crippen LogP contribution in [0.1, 0.15) is 47.5 Å². The fourth-order valence-corrected chi connectivity index (χ4v) is 7.75. The van der Waals surface area contributed by atoms with E-state index in [1.165, 1.54) is 0 Å². The van der Waals surface area contributed by atoms with Crippen LogP contribution < -0.4 is 0 Å². The van der Waals surface area contributed by atoms with Crippen LogP contribution in [0.15, 0.2) is 121 Å². The molecule has 0 N–H and O–H groups in total. The molecule has 0 saturated carbocycles. The van der Waals surface area contributed by atoms with Crippen LogP contribution in [0.3, 0.4) is 0 Å². The topological polar surface area (TPSA) is 81.2 Å². The molecular weight excluding hydrogens is 623 g/mol. The number of benzene rings is 5. The van der Waals surface area contributed by atoms with E-state index in [0.29, 0.717) is 17.5 Å². The van der Waals surface area contributed by atoms with Crippen LogP contribution in [0.2, 0.25) is 0 Å². The summed E-state index contributed by atoms with van der Waals surface area (Å²) < 4.78 is 4.47. The van der Waals surface area contributed by atoms with E-state index >= 15 is 0 Å². The molecule has 1 unspecified atom stereocenters. The van der Waals surface area contributed by atoms with Gasteiger partial charge in [0.05, 0.1) is 51.6 Å². The lowest BCUT2D eigenvalue weighted by atomic mass is 9.91. The van der Waals surface area contributed by atoms with E-state index in [2.05, 4.69) is 125 Å². The van der Waals surface area contributed by atoms with Crippen molar-refractivity contribution in [2.45, 2.75) is 26.7 Å². The van der Waals surface area contributed by atoms with Crippen LogP contribution in [0.4, 0.5) is 0 Å². The van der Waals surface area contributed by atoms with Crippen LogP contribution >= 0.6 is 0 Å². The van der Waals surface area contributed by atoms with Gasteiger partial charge in [0, 0.05) is 27.7 Å². The zero-order valence-electron chi connectivity index (χ0n) is 28.4. The van der Waals surface area contributed by atoms with Gasteiger partial charge >= 0.3 is 0 Å². The first-order valence-corrected chi connectivity index (χ1v) is 17.2. The fraction of sp³-hybridized carbons (Fsp3) is 0.109. The standard InChI is InChI=1S/C46H33N5/c1-3-10-37-40-23-30(27-47)18-21-45(40)50(41(37)4-2)42-22-19-33(26-35(42)29-49)32-11-9-12-34(25-32)36-20-17-31(28-48)24-46(36)51-43-15-7-5-13-38(43)39-14-6-8-16-44(39)51/h3,5-22,24-26,30H,4,23H2,1-2H3/b10-3-. The Hall–Kier alpha value is -6.87. The third-order valence-corrected chi connectivity index (χ3v) is 10.0. The molecule has 0 aliphatic heterocycles. The Bertz CT molecular complexity index is 2660. The van der Waals surface area contributed by atoms with E-state index in [1.54, 1.807) is 0 Å². The molecule has 1 aliphatic carbocycles. The van der Waals surface area contributed by atoms with Gasteiger partial charge in [-0.05, 0) is 96.1 Å². The Morgan fingerprint density at radius 3 is 2.14 bits per heavy atom. The molecular formula is C46H33N5. The highest BCUT2D eigenvalue weighted by atomic mass is 15.0. The van der Waals surface area contributed by atoms with Gasteiger partial charge in [0.1, 0.15) is 6.07 Å². The summed E-state index contributed by atoms with van der Waals surface area (Å²) in [5, 5.41) is 32.5. The second kappa shape index (κ2) is 12.9. The summed E-state index contributed by atoms with van der Waals surface area (Å²) in [4.78, 5) is 0. The van der Waals surface area contributed by atoms with Crippen LogP contribution in [-0.2, 0) is 12.8 Å². The van der Waals surface area contributed by atoms with E-state index in [1.807, 2.05) is 49.4 Å². The summed E-state index contributed by atoms with van der Waals surface area (Å²) >= 11 is 0. The normalized spacial score (nSPS) is 13.7.